The quantitative estimate of drug-likeness (QED) is 0.753. The van der Waals surface area contributed by atoms with Crippen LogP contribution in [0.1, 0.15) is 11.3 Å². The van der Waals surface area contributed by atoms with Crippen molar-refractivity contribution in [2.24, 2.45) is 5.73 Å². The summed E-state index contributed by atoms with van der Waals surface area (Å²) >= 11 is 0. The Kier molecular flexibility index (Phi) is 4.25. The number of benzene rings is 1. The Morgan fingerprint density at radius 1 is 1.30 bits per heavy atom. The number of nitrogens with two attached hydrogens (primary N) is 1. The van der Waals surface area contributed by atoms with E-state index in [0.717, 1.165) is 22.7 Å². The van der Waals surface area contributed by atoms with E-state index in [1.54, 1.807) is 7.11 Å². The molecule has 3 rings (SSSR count). The zero-order chi connectivity index (χ0) is 16.2. The number of carbonyl (C=O) groups excluding carboxylic acids is 1. The van der Waals surface area contributed by atoms with E-state index in [9.17, 15) is 4.79 Å². The molecule has 0 aliphatic heterocycles. The number of aromatic nitrogens is 2. The van der Waals surface area contributed by atoms with Gasteiger partial charge >= 0.3 is 0 Å². The van der Waals surface area contributed by atoms with Crippen LogP contribution in [0.25, 0.3) is 5.65 Å². The lowest BCUT2D eigenvalue weighted by molar-refractivity contribution is -0.114. The van der Waals surface area contributed by atoms with Gasteiger partial charge in [-0.1, -0.05) is 12.1 Å². The largest absolute Gasteiger partial charge is 0.497 e. The molecule has 2 aromatic heterocycles. The molecule has 0 spiro atoms. The average Bonchev–Trinajstić information content (AvgIpc) is 2.96. The number of imidazole rings is 1. The molecule has 23 heavy (non-hydrogen) atoms. The smallest absolute Gasteiger partial charge is 0.238 e. The van der Waals surface area contributed by atoms with E-state index < -0.39 is 0 Å². The van der Waals surface area contributed by atoms with Crippen LogP contribution < -0.4 is 15.8 Å². The van der Waals surface area contributed by atoms with Crippen molar-refractivity contribution in [1.82, 2.24) is 9.38 Å². The molecule has 0 unspecified atom stereocenters. The minimum absolute atomic E-state index is 0.0386. The molecule has 1 amide bonds. The van der Waals surface area contributed by atoms with E-state index in [2.05, 4.69) is 10.3 Å². The first-order valence-corrected chi connectivity index (χ1v) is 7.28. The topological polar surface area (TPSA) is 81.7 Å². The Bertz CT molecular complexity index is 841. The predicted octanol–water partition coefficient (Wildman–Crippen LogP) is 1.83. The van der Waals surface area contributed by atoms with E-state index >= 15 is 0 Å². The monoisotopic (exact) mass is 310 g/mol. The minimum Gasteiger partial charge on any atom is -0.497 e. The van der Waals surface area contributed by atoms with Gasteiger partial charge in [0.15, 0.2) is 0 Å². The zero-order valence-electron chi connectivity index (χ0n) is 12.8. The van der Waals surface area contributed by atoms with E-state index in [-0.39, 0.29) is 12.5 Å². The van der Waals surface area contributed by atoms with Crippen LogP contribution in [-0.4, -0.2) is 28.9 Å². The van der Waals surface area contributed by atoms with Crippen molar-refractivity contribution in [2.75, 3.05) is 19.0 Å². The van der Waals surface area contributed by atoms with Gasteiger partial charge in [0, 0.05) is 18.8 Å². The molecule has 3 N–H and O–H groups in total. The average molecular weight is 310 g/mol. The Morgan fingerprint density at radius 2 is 2.17 bits per heavy atom. The first-order chi connectivity index (χ1) is 11.2. The number of pyridine rings is 1. The fourth-order valence-electron chi connectivity index (χ4n) is 2.41. The summed E-state index contributed by atoms with van der Waals surface area (Å²) in [6.45, 7) is -0.0386. The number of anilines is 1. The number of hydrogen-bond donors (Lipinski definition) is 2. The van der Waals surface area contributed by atoms with Gasteiger partial charge in [-0.3, -0.25) is 4.79 Å². The number of hydrogen-bond acceptors (Lipinski definition) is 4. The van der Waals surface area contributed by atoms with Crippen molar-refractivity contribution >= 4 is 17.2 Å². The summed E-state index contributed by atoms with van der Waals surface area (Å²) in [5.41, 5.74) is 8.90. The molecule has 3 aromatic rings. The molecule has 0 bridgehead atoms. The van der Waals surface area contributed by atoms with E-state index in [4.69, 9.17) is 10.5 Å². The molecular weight excluding hydrogens is 292 g/mol. The Labute approximate surface area is 133 Å². The molecule has 6 heteroatoms. The third kappa shape index (κ3) is 3.49. The third-order valence-electron chi connectivity index (χ3n) is 3.49. The van der Waals surface area contributed by atoms with Crippen LogP contribution in [0.15, 0.2) is 48.8 Å². The normalized spacial score (nSPS) is 10.7. The molecule has 6 nitrogen and oxygen atoms in total. The van der Waals surface area contributed by atoms with Crippen LogP contribution in [0.4, 0.5) is 5.69 Å². The van der Waals surface area contributed by atoms with Gasteiger partial charge in [0.25, 0.3) is 0 Å². The summed E-state index contributed by atoms with van der Waals surface area (Å²) < 4.78 is 7.13. The number of fused-ring (bicyclic) bond motifs is 1. The van der Waals surface area contributed by atoms with Crippen molar-refractivity contribution in [1.29, 1.82) is 0 Å². The standard InChI is InChI=1S/C17H18N4O2/c1-23-15-4-2-3-12(8-15)7-14-11-21-10-13(20-17(22)9-18)5-6-16(21)19-14/h2-6,8,10-11H,7,9,18H2,1H3,(H,20,22). The molecule has 0 saturated carbocycles. The van der Waals surface area contributed by atoms with Crippen molar-refractivity contribution in [2.45, 2.75) is 6.42 Å². The number of nitrogens with one attached hydrogen (secondary N) is 1. The number of ether oxygens (including phenoxy) is 1. The Hall–Kier alpha value is -2.86. The number of rotatable bonds is 5. The molecule has 0 aliphatic carbocycles. The highest BCUT2D eigenvalue weighted by Gasteiger charge is 2.06. The van der Waals surface area contributed by atoms with Crippen LogP contribution >= 0.6 is 0 Å². The lowest BCUT2D eigenvalue weighted by Crippen LogP contribution is -2.21. The molecule has 0 saturated heterocycles. The van der Waals surface area contributed by atoms with Gasteiger partial charge < -0.3 is 20.2 Å². The summed E-state index contributed by atoms with van der Waals surface area (Å²) in [5, 5.41) is 2.73. The molecule has 0 atom stereocenters. The van der Waals surface area contributed by atoms with Crippen LogP contribution in [0.5, 0.6) is 5.75 Å². The number of nitrogens with zero attached hydrogens (tertiary/aromatic N) is 2. The summed E-state index contributed by atoms with van der Waals surface area (Å²) in [7, 11) is 1.65. The van der Waals surface area contributed by atoms with Crippen molar-refractivity contribution < 1.29 is 9.53 Å². The summed E-state index contributed by atoms with van der Waals surface area (Å²) in [4.78, 5) is 15.9. The highest BCUT2D eigenvalue weighted by molar-refractivity contribution is 5.92. The molecule has 2 heterocycles. The van der Waals surface area contributed by atoms with Crippen molar-refractivity contribution in [3.05, 3.63) is 60.0 Å². The second-order valence-electron chi connectivity index (χ2n) is 5.20. The van der Waals surface area contributed by atoms with Crippen molar-refractivity contribution in [3.8, 4) is 5.75 Å². The second-order valence-corrected chi connectivity index (χ2v) is 5.20. The maximum atomic E-state index is 11.4. The van der Waals surface area contributed by atoms with Gasteiger partial charge in [-0.15, -0.1) is 0 Å². The minimum atomic E-state index is -0.221. The lowest BCUT2D eigenvalue weighted by atomic mass is 10.1. The summed E-state index contributed by atoms with van der Waals surface area (Å²) in [6, 6.07) is 11.6. The van der Waals surface area contributed by atoms with Gasteiger partial charge in [0.05, 0.1) is 25.0 Å². The first-order valence-electron chi connectivity index (χ1n) is 7.28. The molecule has 118 valence electrons. The molecule has 1 aromatic carbocycles. The lowest BCUT2D eigenvalue weighted by Gasteiger charge is -2.03. The Morgan fingerprint density at radius 3 is 2.96 bits per heavy atom. The molecule has 0 fully saturated rings. The fourth-order valence-corrected chi connectivity index (χ4v) is 2.41. The van der Waals surface area contributed by atoms with E-state index in [1.807, 2.05) is 53.2 Å². The van der Waals surface area contributed by atoms with Gasteiger partial charge in [0.1, 0.15) is 11.4 Å². The van der Waals surface area contributed by atoms with E-state index in [0.29, 0.717) is 12.1 Å². The zero-order valence-corrected chi connectivity index (χ0v) is 12.8. The summed E-state index contributed by atoms with van der Waals surface area (Å²) in [5.74, 6) is 0.610. The highest BCUT2D eigenvalue weighted by Crippen LogP contribution is 2.17. The van der Waals surface area contributed by atoms with Crippen LogP contribution in [-0.2, 0) is 11.2 Å². The number of amides is 1. The number of methoxy groups -OCH3 is 1. The first kappa shape index (κ1) is 15.1. The summed E-state index contributed by atoms with van der Waals surface area (Å²) in [6.07, 6.45) is 4.49. The van der Waals surface area contributed by atoms with Gasteiger partial charge in [-0.25, -0.2) is 4.98 Å². The van der Waals surface area contributed by atoms with Crippen LogP contribution in [0, 0.1) is 0 Å². The molecule has 0 radical (unpaired) electrons. The second kappa shape index (κ2) is 6.50. The fraction of sp³-hybridized carbons (Fsp3) is 0.176. The van der Waals surface area contributed by atoms with Crippen molar-refractivity contribution in [3.63, 3.8) is 0 Å². The van der Waals surface area contributed by atoms with Crippen LogP contribution in [0.2, 0.25) is 0 Å². The van der Waals surface area contributed by atoms with Crippen LogP contribution in [0.3, 0.4) is 0 Å². The maximum Gasteiger partial charge on any atom is 0.238 e. The maximum absolute atomic E-state index is 11.4. The molecular formula is C17H18N4O2. The number of carbonyl (C=O) groups is 1. The SMILES string of the molecule is COc1cccc(Cc2cn3cc(NC(=O)CN)ccc3n2)c1. The van der Waals surface area contributed by atoms with Gasteiger partial charge in [0.2, 0.25) is 5.91 Å². The molecule has 0 aliphatic rings. The highest BCUT2D eigenvalue weighted by atomic mass is 16.5. The third-order valence-corrected chi connectivity index (χ3v) is 3.49. The van der Waals surface area contributed by atoms with Gasteiger partial charge in [-0.05, 0) is 29.8 Å². The predicted molar refractivity (Wildman–Crippen MR) is 88.7 cm³/mol. The van der Waals surface area contributed by atoms with E-state index in [1.165, 1.54) is 0 Å². The Balaban J connectivity index is 1.83. The van der Waals surface area contributed by atoms with Gasteiger partial charge in [-0.2, -0.15) is 0 Å².